The van der Waals surface area contributed by atoms with Gasteiger partial charge in [0.15, 0.2) is 17.5 Å². The number of benzene rings is 1. The molecule has 0 saturated heterocycles. The molecular formula is C19H22FN3O3S. The van der Waals surface area contributed by atoms with Crippen molar-refractivity contribution in [3.05, 3.63) is 54.1 Å². The predicted octanol–water partition coefficient (Wildman–Crippen LogP) is 3.31. The molecule has 1 amide bonds. The average Bonchev–Trinajstić information content (AvgIpc) is 3.08. The molecule has 0 aliphatic rings. The first-order chi connectivity index (χ1) is 12.9. The van der Waals surface area contributed by atoms with Crippen LogP contribution in [0, 0.1) is 5.82 Å². The monoisotopic (exact) mass is 391 g/mol. The Hall–Kier alpha value is -2.61. The maximum Gasteiger partial charge on any atom is 0.357 e. The first kappa shape index (κ1) is 20.7. The van der Waals surface area contributed by atoms with Crippen LogP contribution in [0.25, 0.3) is 5.69 Å². The van der Waals surface area contributed by atoms with Gasteiger partial charge in [0.1, 0.15) is 5.82 Å². The van der Waals surface area contributed by atoms with Gasteiger partial charge in [-0.05, 0) is 44.4 Å². The Morgan fingerprint density at radius 1 is 1.33 bits per heavy atom. The van der Waals surface area contributed by atoms with Gasteiger partial charge >= 0.3 is 5.97 Å². The molecule has 0 spiro atoms. The zero-order valence-electron chi connectivity index (χ0n) is 15.6. The van der Waals surface area contributed by atoms with E-state index in [1.54, 1.807) is 21.6 Å². The highest BCUT2D eigenvalue weighted by Gasteiger charge is 2.21. The highest BCUT2D eigenvalue weighted by Crippen LogP contribution is 2.22. The Bertz CT molecular complexity index is 833. The summed E-state index contributed by atoms with van der Waals surface area (Å²) in [5.74, 6) is -1.35. The van der Waals surface area contributed by atoms with Crippen molar-refractivity contribution in [2.24, 2.45) is 0 Å². The number of hydrogen-bond acceptors (Lipinski definition) is 5. The highest BCUT2D eigenvalue weighted by atomic mass is 32.2. The quantitative estimate of drug-likeness (QED) is 0.392. The number of rotatable bonds is 8. The Kier molecular flexibility index (Phi) is 7.18. The number of aromatic nitrogens is 2. The van der Waals surface area contributed by atoms with Gasteiger partial charge in [-0.1, -0.05) is 23.9 Å². The van der Waals surface area contributed by atoms with Crippen LogP contribution in [-0.4, -0.2) is 52.3 Å². The van der Waals surface area contributed by atoms with E-state index in [1.807, 2.05) is 20.1 Å². The van der Waals surface area contributed by atoms with Crippen LogP contribution in [0.1, 0.15) is 24.3 Å². The zero-order chi connectivity index (χ0) is 20.0. The molecule has 1 heterocycles. The molecule has 144 valence electrons. The summed E-state index contributed by atoms with van der Waals surface area (Å²) < 4.78 is 20.0. The van der Waals surface area contributed by atoms with Crippen molar-refractivity contribution in [3.8, 4) is 5.69 Å². The van der Waals surface area contributed by atoms with E-state index in [0.717, 1.165) is 5.57 Å². The lowest BCUT2D eigenvalue weighted by Gasteiger charge is -2.20. The molecule has 1 aromatic heterocycles. The van der Waals surface area contributed by atoms with Crippen LogP contribution in [0.2, 0.25) is 0 Å². The molecule has 2 rings (SSSR count). The van der Waals surface area contributed by atoms with Crippen LogP contribution < -0.4 is 0 Å². The standard InChI is InChI=1S/C19H22FN3O3S/c1-5-22(11-13(2)3)17(24)12-26-18(25)16-10-21-19(27-4)23(16)15-8-6-14(20)7-9-15/h6-10H,2,5,11-12H2,1,3-4H3. The number of carbonyl (C=O) groups excluding carboxylic acids is 2. The van der Waals surface area contributed by atoms with Crippen molar-refractivity contribution in [1.82, 2.24) is 14.5 Å². The molecular weight excluding hydrogens is 369 g/mol. The number of likely N-dealkylation sites (N-methyl/N-ethyl adjacent to an activating group) is 1. The summed E-state index contributed by atoms with van der Waals surface area (Å²) in [4.78, 5) is 30.5. The topological polar surface area (TPSA) is 64.4 Å². The number of nitrogens with zero attached hydrogens (tertiary/aromatic N) is 3. The first-order valence-electron chi connectivity index (χ1n) is 8.34. The van der Waals surface area contributed by atoms with Gasteiger partial charge in [-0.2, -0.15) is 0 Å². The van der Waals surface area contributed by atoms with E-state index in [4.69, 9.17) is 4.74 Å². The van der Waals surface area contributed by atoms with E-state index in [-0.39, 0.29) is 24.0 Å². The number of carbonyl (C=O) groups is 2. The fraction of sp³-hybridized carbons (Fsp3) is 0.316. The van der Waals surface area contributed by atoms with E-state index in [1.165, 1.54) is 30.1 Å². The average molecular weight is 391 g/mol. The van der Waals surface area contributed by atoms with Crippen molar-refractivity contribution in [2.45, 2.75) is 19.0 Å². The van der Waals surface area contributed by atoms with E-state index in [2.05, 4.69) is 11.6 Å². The van der Waals surface area contributed by atoms with Gasteiger partial charge in [-0.25, -0.2) is 14.2 Å². The van der Waals surface area contributed by atoms with Crippen LogP contribution in [0.5, 0.6) is 0 Å². The van der Waals surface area contributed by atoms with Crippen molar-refractivity contribution < 1.29 is 18.7 Å². The lowest BCUT2D eigenvalue weighted by molar-refractivity contribution is -0.133. The summed E-state index contributed by atoms with van der Waals surface area (Å²) in [6.07, 6.45) is 3.20. The number of imidazole rings is 1. The van der Waals surface area contributed by atoms with E-state index in [0.29, 0.717) is 23.9 Å². The van der Waals surface area contributed by atoms with E-state index in [9.17, 15) is 14.0 Å². The molecule has 0 atom stereocenters. The second-order valence-electron chi connectivity index (χ2n) is 5.88. The summed E-state index contributed by atoms with van der Waals surface area (Å²) in [7, 11) is 0. The van der Waals surface area contributed by atoms with E-state index < -0.39 is 5.97 Å². The molecule has 0 saturated carbocycles. The highest BCUT2D eigenvalue weighted by molar-refractivity contribution is 7.98. The molecule has 0 radical (unpaired) electrons. The Morgan fingerprint density at radius 2 is 2.00 bits per heavy atom. The molecule has 0 unspecified atom stereocenters. The van der Waals surface area contributed by atoms with Crippen LogP contribution in [0.4, 0.5) is 4.39 Å². The molecule has 1 aromatic carbocycles. The van der Waals surface area contributed by atoms with Gasteiger partial charge in [0.25, 0.3) is 5.91 Å². The summed E-state index contributed by atoms with van der Waals surface area (Å²) in [5, 5.41) is 0.553. The van der Waals surface area contributed by atoms with Gasteiger partial charge in [0, 0.05) is 18.8 Å². The number of hydrogen-bond donors (Lipinski definition) is 0. The number of thioether (sulfide) groups is 1. The Labute approximate surface area is 162 Å². The van der Waals surface area contributed by atoms with Crippen LogP contribution >= 0.6 is 11.8 Å². The van der Waals surface area contributed by atoms with Gasteiger partial charge < -0.3 is 9.64 Å². The molecule has 0 aliphatic carbocycles. The lowest BCUT2D eigenvalue weighted by atomic mass is 10.3. The molecule has 6 nitrogen and oxygen atoms in total. The lowest BCUT2D eigenvalue weighted by Crippen LogP contribution is -2.35. The maximum absolute atomic E-state index is 13.2. The van der Waals surface area contributed by atoms with Crippen LogP contribution in [0.3, 0.4) is 0 Å². The van der Waals surface area contributed by atoms with E-state index >= 15 is 0 Å². The maximum atomic E-state index is 13.2. The number of amides is 1. The normalized spacial score (nSPS) is 10.5. The van der Waals surface area contributed by atoms with Crippen molar-refractivity contribution in [2.75, 3.05) is 26.0 Å². The fourth-order valence-electron chi connectivity index (χ4n) is 2.46. The fourth-order valence-corrected chi connectivity index (χ4v) is 3.00. The van der Waals surface area contributed by atoms with Crippen molar-refractivity contribution >= 4 is 23.6 Å². The Balaban J connectivity index is 2.17. The third-order valence-corrected chi connectivity index (χ3v) is 4.38. The molecule has 0 fully saturated rings. The number of halogens is 1. The second-order valence-corrected chi connectivity index (χ2v) is 6.66. The minimum atomic E-state index is -0.674. The molecule has 0 N–H and O–H groups in total. The zero-order valence-corrected chi connectivity index (χ0v) is 16.4. The van der Waals surface area contributed by atoms with Gasteiger partial charge in [-0.3, -0.25) is 9.36 Å². The molecule has 27 heavy (non-hydrogen) atoms. The van der Waals surface area contributed by atoms with Gasteiger partial charge in [-0.15, -0.1) is 0 Å². The molecule has 0 aliphatic heterocycles. The molecule has 2 aromatic rings. The molecule has 0 bridgehead atoms. The largest absolute Gasteiger partial charge is 0.451 e. The summed E-state index contributed by atoms with van der Waals surface area (Å²) in [5.41, 5.74) is 1.59. The smallest absolute Gasteiger partial charge is 0.357 e. The Morgan fingerprint density at radius 3 is 2.56 bits per heavy atom. The third kappa shape index (κ3) is 5.19. The van der Waals surface area contributed by atoms with Crippen LogP contribution in [-0.2, 0) is 9.53 Å². The first-order valence-corrected chi connectivity index (χ1v) is 9.56. The minimum absolute atomic E-state index is 0.168. The second kappa shape index (κ2) is 9.36. The number of ether oxygens (including phenoxy) is 1. The molecule has 8 heteroatoms. The summed E-state index contributed by atoms with van der Waals surface area (Å²) in [6, 6.07) is 5.69. The van der Waals surface area contributed by atoms with Crippen LogP contribution in [0.15, 0.2) is 47.8 Å². The van der Waals surface area contributed by atoms with Crippen molar-refractivity contribution in [3.63, 3.8) is 0 Å². The van der Waals surface area contributed by atoms with Gasteiger partial charge in [0.05, 0.1) is 6.20 Å². The van der Waals surface area contributed by atoms with Gasteiger partial charge in [0.2, 0.25) is 0 Å². The minimum Gasteiger partial charge on any atom is -0.451 e. The predicted molar refractivity (Wildman–Crippen MR) is 103 cm³/mol. The number of esters is 1. The summed E-state index contributed by atoms with van der Waals surface area (Å²) >= 11 is 1.34. The SMILES string of the molecule is C=C(C)CN(CC)C(=O)COC(=O)c1cnc(SC)n1-c1ccc(F)cc1. The van der Waals surface area contributed by atoms with Crippen molar-refractivity contribution in [1.29, 1.82) is 0 Å². The summed E-state index contributed by atoms with van der Waals surface area (Å²) in [6.45, 7) is 8.00. The third-order valence-electron chi connectivity index (χ3n) is 3.73.